The molecule has 0 amide bonds. The molecule has 0 aliphatic rings. The lowest BCUT2D eigenvalue weighted by Gasteiger charge is -2.03. The number of nitrogens with two attached hydrogens (primary N) is 4. The molecule has 0 bridgehead atoms. The SMILES string of the molecule is CCC(N)N.NC(C(=O)O)C(=O)O.NC(CCCCC(=O)O)C(=O)O. The number of carboxylic acid groups (broad SMARTS) is 4. The van der Waals surface area contributed by atoms with Crippen molar-refractivity contribution in [2.24, 2.45) is 22.9 Å². The Morgan fingerprint density at radius 3 is 1.40 bits per heavy atom. The van der Waals surface area contributed by atoms with Gasteiger partial charge >= 0.3 is 23.9 Å². The minimum atomic E-state index is -1.80. The highest BCUT2D eigenvalue weighted by atomic mass is 16.4. The van der Waals surface area contributed by atoms with E-state index in [9.17, 15) is 19.2 Å². The number of rotatable bonds is 9. The van der Waals surface area contributed by atoms with Gasteiger partial charge in [-0.25, -0.2) is 9.59 Å². The van der Waals surface area contributed by atoms with Gasteiger partial charge in [0, 0.05) is 6.42 Å². The Kier molecular flexibility index (Phi) is 18.3. The molecule has 0 aromatic carbocycles. The fourth-order valence-electron chi connectivity index (χ4n) is 0.870. The molecule has 0 saturated heterocycles. The van der Waals surface area contributed by atoms with Crippen LogP contribution in [-0.4, -0.2) is 62.6 Å². The second-order valence-electron chi connectivity index (χ2n) is 4.81. The van der Waals surface area contributed by atoms with E-state index in [1.807, 2.05) is 6.92 Å². The first-order valence-corrected chi connectivity index (χ1v) is 7.29. The highest BCUT2D eigenvalue weighted by Crippen LogP contribution is 2.02. The Hall–Kier alpha value is -2.28. The van der Waals surface area contributed by atoms with Gasteiger partial charge in [0.2, 0.25) is 6.04 Å². The Labute approximate surface area is 144 Å². The number of carbonyl (C=O) groups is 4. The molecule has 0 heterocycles. The maximum atomic E-state index is 10.2. The summed E-state index contributed by atoms with van der Waals surface area (Å²) in [6, 6.07) is -2.66. The molecule has 0 aliphatic heterocycles. The molecule has 1 atom stereocenters. The van der Waals surface area contributed by atoms with E-state index in [2.05, 4.69) is 5.73 Å². The van der Waals surface area contributed by atoms with Gasteiger partial charge in [0.15, 0.2) is 0 Å². The van der Waals surface area contributed by atoms with Crippen LogP contribution in [0.3, 0.4) is 0 Å². The van der Waals surface area contributed by atoms with Gasteiger partial charge in [0.25, 0.3) is 0 Å². The second-order valence-corrected chi connectivity index (χ2v) is 4.81. The minimum Gasteiger partial charge on any atom is -0.481 e. The van der Waals surface area contributed by atoms with Crippen LogP contribution < -0.4 is 22.9 Å². The van der Waals surface area contributed by atoms with Crippen LogP contribution in [0, 0.1) is 0 Å². The summed E-state index contributed by atoms with van der Waals surface area (Å²) in [5.41, 5.74) is 19.9. The van der Waals surface area contributed by atoms with Gasteiger partial charge in [0.1, 0.15) is 6.04 Å². The molecule has 0 rings (SSSR count). The Morgan fingerprint density at radius 2 is 1.20 bits per heavy atom. The molecule has 148 valence electrons. The molecule has 0 spiro atoms. The molecule has 0 radical (unpaired) electrons. The minimum absolute atomic E-state index is 0.0757. The number of carboxylic acids is 4. The summed E-state index contributed by atoms with van der Waals surface area (Å²) in [5.74, 6) is -4.96. The molecule has 12 heteroatoms. The maximum Gasteiger partial charge on any atom is 0.332 e. The van der Waals surface area contributed by atoms with Crippen LogP contribution in [0.4, 0.5) is 0 Å². The molecule has 1 unspecified atom stereocenters. The number of hydrogen-bond acceptors (Lipinski definition) is 8. The van der Waals surface area contributed by atoms with E-state index >= 15 is 0 Å². The van der Waals surface area contributed by atoms with Crippen LogP contribution in [0.5, 0.6) is 0 Å². The summed E-state index contributed by atoms with van der Waals surface area (Å²) in [6.07, 6.45) is 2.18. The van der Waals surface area contributed by atoms with Crippen molar-refractivity contribution in [2.75, 3.05) is 0 Å². The van der Waals surface area contributed by atoms with Gasteiger partial charge in [-0.15, -0.1) is 0 Å². The summed E-state index contributed by atoms with van der Waals surface area (Å²) in [7, 11) is 0. The highest BCUT2D eigenvalue weighted by Gasteiger charge is 2.18. The Morgan fingerprint density at radius 1 is 0.800 bits per heavy atom. The van der Waals surface area contributed by atoms with Crippen LogP contribution in [0.2, 0.25) is 0 Å². The first kappa shape index (κ1) is 27.6. The van der Waals surface area contributed by atoms with Gasteiger partial charge in [-0.2, -0.15) is 0 Å². The fourth-order valence-corrected chi connectivity index (χ4v) is 0.870. The Bertz CT molecular complexity index is 403. The van der Waals surface area contributed by atoms with E-state index in [-0.39, 0.29) is 12.6 Å². The average Bonchev–Trinajstić information content (AvgIpc) is 2.51. The Balaban J connectivity index is -0.000000321. The number of aliphatic carboxylic acids is 4. The van der Waals surface area contributed by atoms with E-state index in [4.69, 9.17) is 37.6 Å². The largest absolute Gasteiger partial charge is 0.481 e. The molecule has 0 fully saturated rings. The van der Waals surface area contributed by atoms with Crippen molar-refractivity contribution < 1.29 is 39.6 Å². The summed E-state index contributed by atoms with van der Waals surface area (Å²) in [4.78, 5) is 39.5. The van der Waals surface area contributed by atoms with Gasteiger partial charge in [0.05, 0.1) is 6.17 Å². The standard InChI is InChI=1S/C7H13NO4.C3H10N2.C3H5NO4/c8-5(7(11)12)3-1-2-4-6(9)10;1-2-3(4)5;4-1(2(5)6)3(7)8/h5H,1-4,8H2,(H,9,10)(H,11,12);3H,2,4-5H2,1H3;1H,4H2,(H,5,6)(H,7,8). The van der Waals surface area contributed by atoms with Gasteiger partial charge in [-0.05, 0) is 19.3 Å². The molecule has 25 heavy (non-hydrogen) atoms. The average molecular weight is 368 g/mol. The summed E-state index contributed by atoms with van der Waals surface area (Å²) < 4.78 is 0. The van der Waals surface area contributed by atoms with Gasteiger partial charge in [-0.3, -0.25) is 9.59 Å². The zero-order chi connectivity index (χ0) is 20.6. The third-order valence-electron chi connectivity index (χ3n) is 2.48. The predicted molar refractivity (Wildman–Crippen MR) is 87.4 cm³/mol. The summed E-state index contributed by atoms with van der Waals surface area (Å²) in [6.45, 7) is 1.95. The normalized spacial score (nSPS) is 10.8. The van der Waals surface area contributed by atoms with E-state index in [0.717, 1.165) is 6.42 Å². The molecular formula is C13H28N4O8. The number of hydrogen-bond donors (Lipinski definition) is 8. The van der Waals surface area contributed by atoms with Crippen molar-refractivity contribution in [1.82, 2.24) is 0 Å². The van der Waals surface area contributed by atoms with Gasteiger partial charge < -0.3 is 43.4 Å². The molecular weight excluding hydrogens is 340 g/mol. The van der Waals surface area contributed by atoms with Gasteiger partial charge in [-0.1, -0.05) is 13.3 Å². The third kappa shape index (κ3) is 24.1. The first-order valence-electron chi connectivity index (χ1n) is 7.29. The molecule has 0 aromatic rings. The third-order valence-corrected chi connectivity index (χ3v) is 2.48. The van der Waals surface area contributed by atoms with Crippen LogP contribution in [0.25, 0.3) is 0 Å². The zero-order valence-corrected chi connectivity index (χ0v) is 14.0. The maximum absolute atomic E-state index is 10.2. The summed E-state index contributed by atoms with van der Waals surface area (Å²) >= 11 is 0. The molecule has 0 aliphatic carbocycles. The lowest BCUT2D eigenvalue weighted by atomic mass is 10.1. The van der Waals surface area contributed by atoms with Crippen molar-refractivity contribution in [2.45, 2.75) is 57.3 Å². The first-order chi connectivity index (χ1) is 11.4. The quantitative estimate of drug-likeness (QED) is 0.127. The lowest BCUT2D eigenvalue weighted by Crippen LogP contribution is -2.38. The molecule has 0 aromatic heterocycles. The summed E-state index contributed by atoms with van der Waals surface area (Å²) in [5, 5.41) is 32.3. The monoisotopic (exact) mass is 368 g/mol. The van der Waals surface area contributed by atoms with E-state index in [0.29, 0.717) is 19.3 Å². The van der Waals surface area contributed by atoms with Crippen LogP contribution in [0.1, 0.15) is 39.0 Å². The van der Waals surface area contributed by atoms with E-state index < -0.39 is 36.0 Å². The topological polar surface area (TPSA) is 253 Å². The predicted octanol–water partition coefficient (Wildman–Crippen LogP) is -1.83. The van der Waals surface area contributed by atoms with Crippen molar-refractivity contribution in [3.8, 4) is 0 Å². The van der Waals surface area contributed by atoms with Crippen molar-refractivity contribution in [3.05, 3.63) is 0 Å². The molecule has 12 nitrogen and oxygen atoms in total. The van der Waals surface area contributed by atoms with Crippen LogP contribution >= 0.6 is 0 Å². The lowest BCUT2D eigenvalue weighted by molar-refractivity contribution is -0.149. The van der Waals surface area contributed by atoms with Crippen molar-refractivity contribution in [3.63, 3.8) is 0 Å². The molecule has 0 saturated carbocycles. The zero-order valence-electron chi connectivity index (χ0n) is 14.0. The van der Waals surface area contributed by atoms with Crippen molar-refractivity contribution >= 4 is 23.9 Å². The highest BCUT2D eigenvalue weighted by molar-refractivity contribution is 5.96. The number of unbranched alkanes of at least 4 members (excludes halogenated alkanes) is 1. The van der Waals surface area contributed by atoms with E-state index in [1.54, 1.807) is 0 Å². The second kappa shape index (κ2) is 16.6. The van der Waals surface area contributed by atoms with Crippen LogP contribution in [-0.2, 0) is 19.2 Å². The van der Waals surface area contributed by atoms with Crippen molar-refractivity contribution in [1.29, 1.82) is 0 Å². The van der Waals surface area contributed by atoms with Crippen LogP contribution in [0.15, 0.2) is 0 Å². The molecule has 12 N–H and O–H groups in total. The smallest absolute Gasteiger partial charge is 0.332 e. The van der Waals surface area contributed by atoms with E-state index in [1.165, 1.54) is 0 Å². The fraction of sp³-hybridized carbons (Fsp3) is 0.692.